The molecule has 0 atom stereocenters. The standard InChI is InChI=1S/C17H16Cl2N4OS2/c1-2-5-23-16(14-4-3-6-25-14)21-22-17(23)26-10-15(24)20-13-8-11(18)7-12(19)9-13/h3-4,6-9H,2,5,10H2,1H3,(H,20,24). The lowest BCUT2D eigenvalue weighted by molar-refractivity contribution is -0.113. The molecule has 0 aliphatic heterocycles. The Morgan fingerprint density at radius 3 is 2.69 bits per heavy atom. The highest BCUT2D eigenvalue weighted by Crippen LogP contribution is 2.28. The zero-order valence-electron chi connectivity index (χ0n) is 13.9. The molecule has 0 bridgehead atoms. The number of carbonyl (C=O) groups excluding carboxylic acids is 1. The van der Waals surface area contributed by atoms with Gasteiger partial charge in [0.05, 0.1) is 10.6 Å². The Balaban J connectivity index is 1.68. The molecule has 136 valence electrons. The molecule has 2 heterocycles. The molecule has 0 unspecified atom stereocenters. The first kappa shape index (κ1) is 19.2. The van der Waals surface area contributed by atoms with Crippen LogP contribution in [0, 0.1) is 0 Å². The third-order valence-corrected chi connectivity index (χ3v) is 5.65. The zero-order chi connectivity index (χ0) is 18.5. The summed E-state index contributed by atoms with van der Waals surface area (Å²) < 4.78 is 2.06. The van der Waals surface area contributed by atoms with Crippen molar-refractivity contribution in [3.8, 4) is 10.7 Å². The van der Waals surface area contributed by atoms with Crippen molar-refractivity contribution in [3.05, 3.63) is 45.8 Å². The van der Waals surface area contributed by atoms with Crippen molar-refractivity contribution in [2.75, 3.05) is 11.1 Å². The maximum Gasteiger partial charge on any atom is 0.234 e. The average Bonchev–Trinajstić information content (AvgIpc) is 3.22. The second kappa shape index (κ2) is 8.90. The number of nitrogens with zero attached hydrogens (tertiary/aromatic N) is 3. The van der Waals surface area contributed by atoms with Crippen LogP contribution in [0.2, 0.25) is 10.0 Å². The summed E-state index contributed by atoms with van der Waals surface area (Å²) in [5.74, 6) is 0.902. The average molecular weight is 427 g/mol. The molecule has 0 radical (unpaired) electrons. The van der Waals surface area contributed by atoms with E-state index in [1.807, 2.05) is 17.5 Å². The number of thiophene rings is 1. The Kier molecular flexibility index (Phi) is 6.58. The third-order valence-electron chi connectivity index (χ3n) is 3.38. The smallest absolute Gasteiger partial charge is 0.234 e. The van der Waals surface area contributed by atoms with E-state index in [9.17, 15) is 4.79 Å². The van der Waals surface area contributed by atoms with Gasteiger partial charge in [-0.25, -0.2) is 0 Å². The van der Waals surface area contributed by atoms with Gasteiger partial charge in [-0.3, -0.25) is 4.79 Å². The van der Waals surface area contributed by atoms with Crippen LogP contribution in [-0.4, -0.2) is 26.4 Å². The molecule has 1 aromatic carbocycles. The van der Waals surface area contributed by atoms with Crippen molar-refractivity contribution in [2.45, 2.75) is 25.0 Å². The first-order valence-corrected chi connectivity index (χ1v) is 10.5. The molecule has 26 heavy (non-hydrogen) atoms. The summed E-state index contributed by atoms with van der Waals surface area (Å²) in [7, 11) is 0. The van der Waals surface area contributed by atoms with Gasteiger partial charge in [0, 0.05) is 22.3 Å². The summed E-state index contributed by atoms with van der Waals surface area (Å²) in [6, 6.07) is 8.94. The number of halogens is 2. The van der Waals surface area contributed by atoms with Crippen molar-refractivity contribution in [1.82, 2.24) is 14.8 Å². The number of hydrogen-bond donors (Lipinski definition) is 1. The molecule has 0 aliphatic carbocycles. The minimum atomic E-state index is -0.156. The van der Waals surface area contributed by atoms with Crippen LogP contribution in [0.4, 0.5) is 5.69 Å². The van der Waals surface area contributed by atoms with E-state index in [4.69, 9.17) is 23.2 Å². The van der Waals surface area contributed by atoms with E-state index in [1.165, 1.54) is 11.8 Å². The van der Waals surface area contributed by atoms with Gasteiger partial charge in [-0.2, -0.15) is 0 Å². The molecule has 0 aliphatic rings. The molecule has 9 heteroatoms. The Hall–Kier alpha value is -1.54. The maximum absolute atomic E-state index is 12.2. The Labute approximate surface area is 169 Å². The number of aromatic nitrogens is 3. The van der Waals surface area contributed by atoms with E-state index >= 15 is 0 Å². The fourth-order valence-electron chi connectivity index (χ4n) is 2.36. The van der Waals surface area contributed by atoms with Gasteiger partial charge in [-0.05, 0) is 36.1 Å². The molecule has 3 aromatic rings. The van der Waals surface area contributed by atoms with Crippen LogP contribution in [0.15, 0.2) is 40.9 Å². The van der Waals surface area contributed by atoms with E-state index < -0.39 is 0 Å². The van der Waals surface area contributed by atoms with Crippen molar-refractivity contribution in [3.63, 3.8) is 0 Å². The summed E-state index contributed by atoms with van der Waals surface area (Å²) in [4.78, 5) is 13.3. The lowest BCUT2D eigenvalue weighted by atomic mass is 10.3. The van der Waals surface area contributed by atoms with Crippen molar-refractivity contribution < 1.29 is 4.79 Å². The molecule has 0 saturated heterocycles. The van der Waals surface area contributed by atoms with Crippen LogP contribution in [0.25, 0.3) is 10.7 Å². The lowest BCUT2D eigenvalue weighted by Gasteiger charge is -2.08. The number of thioether (sulfide) groups is 1. The summed E-state index contributed by atoms with van der Waals surface area (Å²) in [5, 5.41) is 15.0. The first-order valence-electron chi connectivity index (χ1n) is 7.92. The Morgan fingerprint density at radius 2 is 2.04 bits per heavy atom. The van der Waals surface area contributed by atoms with Gasteiger partial charge in [-0.1, -0.05) is 48.0 Å². The highest BCUT2D eigenvalue weighted by Gasteiger charge is 2.16. The normalized spacial score (nSPS) is 10.9. The monoisotopic (exact) mass is 426 g/mol. The number of nitrogens with one attached hydrogen (secondary N) is 1. The van der Waals surface area contributed by atoms with Crippen LogP contribution in [-0.2, 0) is 11.3 Å². The fraction of sp³-hybridized carbons (Fsp3) is 0.235. The number of amides is 1. The lowest BCUT2D eigenvalue weighted by Crippen LogP contribution is -2.14. The number of anilines is 1. The highest BCUT2D eigenvalue weighted by molar-refractivity contribution is 7.99. The number of benzene rings is 1. The minimum absolute atomic E-state index is 0.156. The predicted molar refractivity (Wildman–Crippen MR) is 109 cm³/mol. The van der Waals surface area contributed by atoms with Gasteiger partial charge in [-0.15, -0.1) is 21.5 Å². The van der Waals surface area contributed by atoms with Crippen molar-refractivity contribution >= 4 is 57.9 Å². The SMILES string of the molecule is CCCn1c(SCC(=O)Nc2cc(Cl)cc(Cl)c2)nnc1-c1cccs1. The van der Waals surface area contributed by atoms with Gasteiger partial charge in [0.2, 0.25) is 5.91 Å². The maximum atomic E-state index is 12.2. The van der Waals surface area contributed by atoms with Crippen LogP contribution in [0.3, 0.4) is 0 Å². The topological polar surface area (TPSA) is 59.8 Å². The Bertz CT molecular complexity index is 876. The third kappa shape index (κ3) is 4.79. The van der Waals surface area contributed by atoms with Crippen molar-refractivity contribution in [2.24, 2.45) is 0 Å². The molecular weight excluding hydrogens is 411 g/mol. The van der Waals surface area contributed by atoms with Crippen LogP contribution < -0.4 is 5.32 Å². The van der Waals surface area contributed by atoms with E-state index in [1.54, 1.807) is 29.5 Å². The molecule has 2 aromatic heterocycles. The van der Waals surface area contributed by atoms with Gasteiger partial charge in [0.25, 0.3) is 0 Å². The van der Waals surface area contributed by atoms with Crippen LogP contribution in [0.5, 0.6) is 0 Å². The van der Waals surface area contributed by atoms with Crippen molar-refractivity contribution in [1.29, 1.82) is 0 Å². The van der Waals surface area contributed by atoms with Gasteiger partial charge in [0.1, 0.15) is 0 Å². The molecule has 1 amide bonds. The quantitative estimate of drug-likeness (QED) is 0.509. The van der Waals surface area contributed by atoms with E-state index in [-0.39, 0.29) is 11.7 Å². The van der Waals surface area contributed by atoms with E-state index in [0.717, 1.165) is 28.8 Å². The summed E-state index contributed by atoms with van der Waals surface area (Å²) in [6.07, 6.45) is 0.956. The van der Waals surface area contributed by atoms with E-state index in [2.05, 4.69) is 27.0 Å². The molecule has 5 nitrogen and oxygen atoms in total. The first-order chi connectivity index (χ1) is 12.6. The molecule has 0 spiro atoms. The fourth-order valence-corrected chi connectivity index (χ4v) is 4.37. The second-order valence-electron chi connectivity index (χ2n) is 5.43. The molecule has 0 saturated carbocycles. The van der Waals surface area contributed by atoms with Gasteiger partial charge in [0.15, 0.2) is 11.0 Å². The largest absolute Gasteiger partial charge is 0.325 e. The second-order valence-corrected chi connectivity index (χ2v) is 8.19. The van der Waals surface area contributed by atoms with Crippen LogP contribution in [0.1, 0.15) is 13.3 Å². The molecule has 0 fully saturated rings. The summed E-state index contributed by atoms with van der Waals surface area (Å²) in [6.45, 7) is 2.90. The predicted octanol–water partition coefficient (Wildman–Crippen LogP) is 5.45. The molecular formula is C17H16Cl2N4OS2. The number of carbonyl (C=O) groups is 1. The Morgan fingerprint density at radius 1 is 1.27 bits per heavy atom. The summed E-state index contributed by atoms with van der Waals surface area (Å²) in [5.41, 5.74) is 0.572. The molecule has 1 N–H and O–H groups in total. The van der Waals surface area contributed by atoms with E-state index in [0.29, 0.717) is 15.7 Å². The number of hydrogen-bond acceptors (Lipinski definition) is 5. The van der Waals surface area contributed by atoms with Gasteiger partial charge >= 0.3 is 0 Å². The summed E-state index contributed by atoms with van der Waals surface area (Å²) >= 11 is 14.9. The van der Waals surface area contributed by atoms with Crippen LogP contribution >= 0.6 is 46.3 Å². The van der Waals surface area contributed by atoms with Gasteiger partial charge < -0.3 is 9.88 Å². The molecule has 3 rings (SSSR count). The highest BCUT2D eigenvalue weighted by atomic mass is 35.5. The minimum Gasteiger partial charge on any atom is -0.325 e. The zero-order valence-corrected chi connectivity index (χ0v) is 17.1. The number of rotatable bonds is 7.